The molecule has 128 valence electrons. The third-order valence-corrected chi connectivity index (χ3v) is 4.45. The summed E-state index contributed by atoms with van der Waals surface area (Å²) in [6, 6.07) is 21.4. The fourth-order valence-corrected chi connectivity index (χ4v) is 2.93. The molecule has 0 aliphatic carbocycles. The van der Waals surface area contributed by atoms with E-state index >= 15 is 0 Å². The molecule has 26 heavy (non-hydrogen) atoms. The lowest BCUT2D eigenvalue weighted by molar-refractivity contribution is 0.102. The van der Waals surface area contributed by atoms with Gasteiger partial charge in [-0.1, -0.05) is 36.4 Å². The maximum Gasteiger partial charge on any atom is 0.255 e. The molecule has 0 fully saturated rings. The Morgan fingerprint density at radius 3 is 2.50 bits per heavy atom. The molecule has 2 N–H and O–H groups in total. The molecule has 0 unspecified atom stereocenters. The van der Waals surface area contributed by atoms with E-state index in [2.05, 4.69) is 15.3 Å². The molecule has 0 saturated carbocycles. The van der Waals surface area contributed by atoms with Gasteiger partial charge in [-0.15, -0.1) is 0 Å². The summed E-state index contributed by atoms with van der Waals surface area (Å²) in [5.74, 6) is 0.683. The lowest BCUT2D eigenvalue weighted by Gasteiger charge is -2.09. The Labute approximate surface area is 151 Å². The molecule has 0 aliphatic rings. The summed E-state index contributed by atoms with van der Waals surface area (Å²) in [5.41, 5.74) is 6.50. The van der Waals surface area contributed by atoms with Crippen molar-refractivity contribution in [3.8, 4) is 11.4 Å². The first-order valence-electron chi connectivity index (χ1n) is 8.54. The number of amides is 1. The molecule has 4 nitrogen and oxygen atoms in total. The summed E-state index contributed by atoms with van der Waals surface area (Å²) in [7, 11) is 0. The molecule has 1 amide bonds. The molecular weight excluding hydrogens is 322 g/mol. The van der Waals surface area contributed by atoms with Crippen LogP contribution in [0.25, 0.3) is 22.4 Å². The minimum absolute atomic E-state index is 0.116. The number of aromatic nitrogens is 2. The van der Waals surface area contributed by atoms with Crippen molar-refractivity contribution in [1.29, 1.82) is 0 Å². The zero-order valence-electron chi connectivity index (χ0n) is 14.7. The summed E-state index contributed by atoms with van der Waals surface area (Å²) >= 11 is 0. The van der Waals surface area contributed by atoms with Crippen molar-refractivity contribution < 1.29 is 4.79 Å². The Balaban J connectivity index is 1.57. The summed E-state index contributed by atoms with van der Waals surface area (Å²) in [5, 5.41) is 2.99. The maximum absolute atomic E-state index is 12.5. The third-order valence-electron chi connectivity index (χ3n) is 4.45. The minimum Gasteiger partial charge on any atom is -0.338 e. The number of hydrogen-bond donors (Lipinski definition) is 2. The Hall–Kier alpha value is -3.40. The number of para-hydroxylation sites is 2. The Kier molecular flexibility index (Phi) is 4.01. The molecule has 0 saturated heterocycles. The van der Waals surface area contributed by atoms with Crippen LogP contribution in [0.15, 0.2) is 66.7 Å². The average Bonchev–Trinajstić information content (AvgIpc) is 3.09. The SMILES string of the molecule is Cc1ccc(C)c(NC(=O)c2ccc(-c3nc4ccccc4[nH]3)cc2)c1. The molecule has 1 heterocycles. The number of benzene rings is 3. The van der Waals surface area contributed by atoms with Crippen LogP contribution in [0.4, 0.5) is 5.69 Å². The van der Waals surface area contributed by atoms with Crippen LogP contribution in [0.1, 0.15) is 21.5 Å². The number of carbonyl (C=O) groups is 1. The number of aromatic amines is 1. The first kappa shape index (κ1) is 16.1. The van der Waals surface area contributed by atoms with Gasteiger partial charge in [0.25, 0.3) is 5.91 Å². The average molecular weight is 341 g/mol. The standard InChI is InChI=1S/C22H19N3O/c1-14-7-8-15(2)20(13-14)25-22(26)17-11-9-16(10-12-17)21-23-18-5-3-4-6-19(18)24-21/h3-13H,1-2H3,(H,23,24)(H,25,26). The lowest BCUT2D eigenvalue weighted by Crippen LogP contribution is -2.12. The Morgan fingerprint density at radius 1 is 0.962 bits per heavy atom. The number of fused-ring (bicyclic) bond motifs is 1. The number of anilines is 1. The molecule has 0 bridgehead atoms. The molecule has 4 aromatic rings. The smallest absolute Gasteiger partial charge is 0.255 e. The lowest BCUT2D eigenvalue weighted by atomic mass is 10.1. The minimum atomic E-state index is -0.116. The predicted octanol–water partition coefficient (Wildman–Crippen LogP) is 5.10. The van der Waals surface area contributed by atoms with Crippen molar-refractivity contribution in [3.05, 3.63) is 83.4 Å². The van der Waals surface area contributed by atoms with Crippen LogP contribution < -0.4 is 5.32 Å². The highest BCUT2D eigenvalue weighted by molar-refractivity contribution is 6.04. The van der Waals surface area contributed by atoms with E-state index in [0.29, 0.717) is 5.56 Å². The number of hydrogen-bond acceptors (Lipinski definition) is 2. The van der Waals surface area contributed by atoms with Crippen molar-refractivity contribution in [2.45, 2.75) is 13.8 Å². The van der Waals surface area contributed by atoms with Gasteiger partial charge >= 0.3 is 0 Å². The molecule has 1 aromatic heterocycles. The van der Waals surface area contributed by atoms with Gasteiger partial charge < -0.3 is 10.3 Å². The molecule has 4 rings (SSSR count). The molecule has 0 aliphatic heterocycles. The second kappa shape index (κ2) is 6.48. The van der Waals surface area contributed by atoms with Crippen molar-refractivity contribution in [2.75, 3.05) is 5.32 Å². The molecule has 0 atom stereocenters. The van der Waals surface area contributed by atoms with Gasteiger partial charge in [0.15, 0.2) is 0 Å². The quantitative estimate of drug-likeness (QED) is 0.545. The molecular formula is C22H19N3O. The monoisotopic (exact) mass is 341 g/mol. The van der Waals surface area contributed by atoms with E-state index in [9.17, 15) is 4.79 Å². The van der Waals surface area contributed by atoms with Crippen molar-refractivity contribution in [1.82, 2.24) is 9.97 Å². The topological polar surface area (TPSA) is 57.8 Å². The zero-order valence-corrected chi connectivity index (χ0v) is 14.7. The normalized spacial score (nSPS) is 10.8. The van der Waals surface area contributed by atoms with Crippen molar-refractivity contribution in [2.24, 2.45) is 0 Å². The van der Waals surface area contributed by atoms with Crippen LogP contribution in [0, 0.1) is 13.8 Å². The summed E-state index contributed by atoms with van der Waals surface area (Å²) in [6.45, 7) is 4.00. The number of imidazole rings is 1. The fourth-order valence-electron chi connectivity index (χ4n) is 2.93. The van der Waals surface area contributed by atoms with Crippen LogP contribution in [0.5, 0.6) is 0 Å². The van der Waals surface area contributed by atoms with Crippen LogP contribution in [0.2, 0.25) is 0 Å². The highest BCUT2D eigenvalue weighted by atomic mass is 16.1. The number of H-pyrrole nitrogens is 1. The largest absolute Gasteiger partial charge is 0.338 e. The number of rotatable bonds is 3. The van der Waals surface area contributed by atoms with E-state index in [-0.39, 0.29) is 5.91 Å². The Bertz CT molecular complexity index is 1060. The number of aryl methyl sites for hydroxylation is 2. The van der Waals surface area contributed by atoms with E-state index < -0.39 is 0 Å². The van der Waals surface area contributed by atoms with Gasteiger partial charge in [0.05, 0.1) is 11.0 Å². The summed E-state index contributed by atoms with van der Waals surface area (Å²) in [4.78, 5) is 20.4. The number of carbonyl (C=O) groups excluding carboxylic acids is 1. The van der Waals surface area contributed by atoms with Crippen LogP contribution in [-0.4, -0.2) is 15.9 Å². The summed E-state index contributed by atoms with van der Waals surface area (Å²) < 4.78 is 0. The maximum atomic E-state index is 12.5. The van der Waals surface area contributed by atoms with Gasteiger partial charge in [0.1, 0.15) is 5.82 Å². The van der Waals surface area contributed by atoms with Gasteiger partial charge in [0, 0.05) is 16.8 Å². The van der Waals surface area contributed by atoms with Gasteiger partial charge in [0.2, 0.25) is 0 Å². The Morgan fingerprint density at radius 2 is 1.73 bits per heavy atom. The third kappa shape index (κ3) is 3.09. The molecule has 0 spiro atoms. The first-order chi connectivity index (χ1) is 12.6. The van der Waals surface area contributed by atoms with Gasteiger partial charge in [-0.3, -0.25) is 4.79 Å². The predicted molar refractivity (Wildman–Crippen MR) is 105 cm³/mol. The van der Waals surface area contributed by atoms with E-state index in [1.165, 1.54) is 0 Å². The molecule has 0 radical (unpaired) electrons. The van der Waals surface area contributed by atoms with Crippen LogP contribution >= 0.6 is 0 Å². The van der Waals surface area contributed by atoms with Gasteiger partial charge in [-0.25, -0.2) is 4.98 Å². The number of nitrogens with zero attached hydrogens (tertiary/aromatic N) is 1. The van der Waals surface area contributed by atoms with E-state index in [0.717, 1.165) is 39.2 Å². The second-order valence-electron chi connectivity index (χ2n) is 6.45. The van der Waals surface area contributed by atoms with E-state index in [1.807, 2.05) is 80.6 Å². The molecule has 3 aromatic carbocycles. The zero-order chi connectivity index (χ0) is 18.1. The fraction of sp³-hybridized carbons (Fsp3) is 0.0909. The van der Waals surface area contributed by atoms with E-state index in [1.54, 1.807) is 0 Å². The second-order valence-corrected chi connectivity index (χ2v) is 6.45. The van der Waals surface area contributed by atoms with Crippen molar-refractivity contribution >= 4 is 22.6 Å². The van der Waals surface area contributed by atoms with Crippen LogP contribution in [-0.2, 0) is 0 Å². The highest BCUT2D eigenvalue weighted by Crippen LogP contribution is 2.22. The van der Waals surface area contributed by atoms with Crippen molar-refractivity contribution in [3.63, 3.8) is 0 Å². The first-order valence-corrected chi connectivity index (χ1v) is 8.54. The van der Waals surface area contributed by atoms with Crippen LogP contribution in [0.3, 0.4) is 0 Å². The highest BCUT2D eigenvalue weighted by Gasteiger charge is 2.10. The number of nitrogens with one attached hydrogen (secondary N) is 2. The molecule has 4 heteroatoms. The summed E-state index contributed by atoms with van der Waals surface area (Å²) in [6.07, 6.45) is 0. The van der Waals surface area contributed by atoms with Gasteiger partial charge in [-0.2, -0.15) is 0 Å². The van der Waals surface area contributed by atoms with Gasteiger partial charge in [-0.05, 0) is 55.3 Å². The van der Waals surface area contributed by atoms with E-state index in [4.69, 9.17) is 0 Å².